The SMILES string of the molecule is C=C(CCC1CC(O)C(C)CC1N)CC1=C(c2ccc(OC)cc2)C(c2ccc(CC)cc2)=NC1. The number of hydrogen-bond donors (Lipinski definition) is 2. The fraction of sp³-hybridized carbons (Fsp3) is 0.452. The average molecular weight is 473 g/mol. The van der Waals surface area contributed by atoms with Gasteiger partial charge < -0.3 is 15.6 Å². The lowest BCUT2D eigenvalue weighted by Gasteiger charge is -2.36. The molecule has 3 N–H and O–H groups in total. The van der Waals surface area contributed by atoms with Crippen LogP contribution in [0.2, 0.25) is 0 Å². The van der Waals surface area contributed by atoms with Crippen LogP contribution in [0.15, 0.2) is 71.2 Å². The molecule has 2 aliphatic rings. The second-order valence-corrected chi connectivity index (χ2v) is 10.3. The molecule has 0 bridgehead atoms. The lowest BCUT2D eigenvalue weighted by molar-refractivity contribution is 0.0409. The first kappa shape index (κ1) is 25.4. The summed E-state index contributed by atoms with van der Waals surface area (Å²) in [6, 6.07) is 17.2. The third-order valence-electron chi connectivity index (χ3n) is 7.82. The van der Waals surface area contributed by atoms with Crippen molar-refractivity contribution >= 4 is 11.3 Å². The molecule has 186 valence electrons. The van der Waals surface area contributed by atoms with E-state index in [9.17, 15) is 5.11 Å². The van der Waals surface area contributed by atoms with Crippen LogP contribution in [0.5, 0.6) is 5.75 Å². The van der Waals surface area contributed by atoms with Gasteiger partial charge in [-0.25, -0.2) is 0 Å². The predicted octanol–water partition coefficient (Wildman–Crippen LogP) is 5.97. The Hall–Kier alpha value is -2.69. The minimum Gasteiger partial charge on any atom is -0.497 e. The molecule has 2 aromatic rings. The number of aliphatic imine (C=N–C) groups is 1. The highest BCUT2D eigenvalue weighted by Gasteiger charge is 2.32. The Labute approximate surface area is 210 Å². The van der Waals surface area contributed by atoms with Gasteiger partial charge in [0.15, 0.2) is 0 Å². The van der Waals surface area contributed by atoms with Crippen molar-refractivity contribution in [3.8, 4) is 5.75 Å². The molecule has 0 saturated heterocycles. The van der Waals surface area contributed by atoms with E-state index in [1.54, 1.807) is 7.11 Å². The van der Waals surface area contributed by atoms with Gasteiger partial charge in [-0.15, -0.1) is 0 Å². The van der Waals surface area contributed by atoms with Crippen LogP contribution in [0.1, 0.15) is 62.6 Å². The van der Waals surface area contributed by atoms with E-state index in [1.807, 2.05) is 12.1 Å². The van der Waals surface area contributed by atoms with Crippen LogP contribution in [-0.4, -0.2) is 36.6 Å². The maximum atomic E-state index is 10.3. The molecule has 2 aromatic carbocycles. The topological polar surface area (TPSA) is 67.8 Å². The molecule has 35 heavy (non-hydrogen) atoms. The number of hydrogen-bond acceptors (Lipinski definition) is 4. The third kappa shape index (κ3) is 5.94. The maximum Gasteiger partial charge on any atom is 0.118 e. The number of ether oxygens (including phenoxy) is 1. The van der Waals surface area contributed by atoms with Gasteiger partial charge in [0.05, 0.1) is 25.5 Å². The number of aryl methyl sites for hydroxylation is 1. The lowest BCUT2D eigenvalue weighted by Crippen LogP contribution is -2.42. The summed E-state index contributed by atoms with van der Waals surface area (Å²) in [5.74, 6) is 1.51. The van der Waals surface area contributed by atoms with Crippen LogP contribution in [0.3, 0.4) is 0 Å². The fourth-order valence-electron chi connectivity index (χ4n) is 5.48. The highest BCUT2D eigenvalue weighted by Crippen LogP contribution is 2.36. The van der Waals surface area contributed by atoms with Crippen LogP contribution in [0.4, 0.5) is 0 Å². The minimum atomic E-state index is -0.234. The fourth-order valence-corrected chi connectivity index (χ4v) is 5.48. The number of aliphatic hydroxyl groups is 1. The average Bonchev–Trinajstić information content (AvgIpc) is 3.28. The van der Waals surface area contributed by atoms with Crippen LogP contribution in [0.25, 0.3) is 5.57 Å². The summed E-state index contributed by atoms with van der Waals surface area (Å²) in [5, 5.41) is 10.3. The van der Waals surface area contributed by atoms with E-state index in [2.05, 4.69) is 56.8 Å². The Morgan fingerprint density at radius 1 is 1.09 bits per heavy atom. The van der Waals surface area contributed by atoms with Gasteiger partial charge in [0.2, 0.25) is 0 Å². The Morgan fingerprint density at radius 2 is 1.77 bits per heavy atom. The zero-order valence-corrected chi connectivity index (χ0v) is 21.5. The lowest BCUT2D eigenvalue weighted by atomic mass is 9.75. The summed E-state index contributed by atoms with van der Waals surface area (Å²) in [6.07, 6.45) is 5.25. The smallest absolute Gasteiger partial charge is 0.118 e. The zero-order chi connectivity index (χ0) is 24.9. The number of methoxy groups -OCH3 is 1. The van der Waals surface area contributed by atoms with Crippen LogP contribution in [0, 0.1) is 11.8 Å². The van der Waals surface area contributed by atoms with Crippen molar-refractivity contribution in [3.05, 3.63) is 82.9 Å². The van der Waals surface area contributed by atoms with Crippen LogP contribution in [-0.2, 0) is 6.42 Å². The Bertz CT molecular complexity index is 1080. The van der Waals surface area contributed by atoms with Crippen molar-refractivity contribution in [2.75, 3.05) is 13.7 Å². The van der Waals surface area contributed by atoms with Gasteiger partial charge in [-0.1, -0.05) is 62.4 Å². The largest absolute Gasteiger partial charge is 0.497 e. The highest BCUT2D eigenvalue weighted by molar-refractivity contribution is 6.34. The summed E-state index contributed by atoms with van der Waals surface area (Å²) in [7, 11) is 1.69. The van der Waals surface area contributed by atoms with Crippen molar-refractivity contribution in [1.29, 1.82) is 0 Å². The standard InChI is InChI=1S/C31H40N2O2/c1-5-22-7-10-24(11-8-22)31-30(23-12-14-27(35-4)15-13-23)26(19-33-31)16-20(2)6-9-25-18-29(34)21(3)17-28(25)32/h7-8,10-15,21,25,28-29,34H,2,5-6,9,16-19,32H2,1,3-4H3. The molecule has 0 spiro atoms. The zero-order valence-electron chi connectivity index (χ0n) is 21.5. The maximum absolute atomic E-state index is 10.3. The van der Waals surface area contributed by atoms with Gasteiger partial charge in [0, 0.05) is 17.2 Å². The van der Waals surface area contributed by atoms with Crippen molar-refractivity contribution < 1.29 is 9.84 Å². The second-order valence-electron chi connectivity index (χ2n) is 10.3. The molecule has 0 aromatic heterocycles. The van der Waals surface area contributed by atoms with E-state index in [0.717, 1.165) is 61.1 Å². The summed E-state index contributed by atoms with van der Waals surface area (Å²) in [4.78, 5) is 4.99. The molecule has 1 fully saturated rings. The van der Waals surface area contributed by atoms with Gasteiger partial charge in [0.25, 0.3) is 0 Å². The van der Waals surface area contributed by atoms with E-state index >= 15 is 0 Å². The number of benzene rings is 2. The van der Waals surface area contributed by atoms with Crippen LogP contribution >= 0.6 is 0 Å². The number of rotatable bonds is 9. The molecule has 1 aliphatic carbocycles. The summed E-state index contributed by atoms with van der Waals surface area (Å²) in [6.45, 7) is 9.40. The molecular formula is C31H40N2O2. The summed E-state index contributed by atoms with van der Waals surface area (Å²) in [5.41, 5.74) is 14.9. The minimum absolute atomic E-state index is 0.169. The molecular weight excluding hydrogens is 432 g/mol. The number of nitrogens with zero attached hydrogens (tertiary/aromatic N) is 1. The van der Waals surface area contributed by atoms with Crippen molar-refractivity contribution in [3.63, 3.8) is 0 Å². The van der Waals surface area contributed by atoms with Gasteiger partial charge in [-0.05, 0) is 79.2 Å². The normalized spacial score (nSPS) is 24.4. The first-order valence-corrected chi connectivity index (χ1v) is 13.0. The molecule has 1 saturated carbocycles. The first-order valence-electron chi connectivity index (χ1n) is 13.0. The summed E-state index contributed by atoms with van der Waals surface area (Å²) < 4.78 is 5.38. The number of nitrogens with two attached hydrogens (primary N) is 1. The Kier molecular flexibility index (Phi) is 8.25. The molecule has 4 rings (SSSR count). The van der Waals surface area contributed by atoms with E-state index < -0.39 is 0 Å². The summed E-state index contributed by atoms with van der Waals surface area (Å²) >= 11 is 0. The van der Waals surface area contributed by atoms with Crippen molar-refractivity contribution in [2.24, 2.45) is 22.6 Å². The molecule has 4 atom stereocenters. The van der Waals surface area contributed by atoms with Gasteiger partial charge >= 0.3 is 0 Å². The molecule has 1 aliphatic heterocycles. The monoisotopic (exact) mass is 472 g/mol. The predicted molar refractivity (Wildman–Crippen MR) is 146 cm³/mol. The molecule has 0 amide bonds. The van der Waals surface area contributed by atoms with Gasteiger partial charge in [-0.2, -0.15) is 0 Å². The van der Waals surface area contributed by atoms with E-state index in [4.69, 9.17) is 15.5 Å². The van der Waals surface area contributed by atoms with E-state index in [1.165, 1.54) is 22.3 Å². The third-order valence-corrected chi connectivity index (χ3v) is 7.82. The molecule has 4 heteroatoms. The molecule has 4 nitrogen and oxygen atoms in total. The first-order chi connectivity index (χ1) is 16.9. The van der Waals surface area contributed by atoms with Gasteiger partial charge in [-0.3, -0.25) is 4.99 Å². The molecule has 0 radical (unpaired) electrons. The van der Waals surface area contributed by atoms with Crippen LogP contribution < -0.4 is 10.5 Å². The quantitative estimate of drug-likeness (QED) is 0.442. The number of allylic oxidation sites excluding steroid dienone is 2. The Morgan fingerprint density at radius 3 is 2.43 bits per heavy atom. The van der Waals surface area contributed by atoms with Crippen molar-refractivity contribution in [1.82, 2.24) is 0 Å². The van der Waals surface area contributed by atoms with E-state index in [0.29, 0.717) is 18.4 Å². The van der Waals surface area contributed by atoms with Gasteiger partial charge in [0.1, 0.15) is 5.75 Å². The Balaban J connectivity index is 1.53. The van der Waals surface area contributed by atoms with E-state index in [-0.39, 0.29) is 12.1 Å². The van der Waals surface area contributed by atoms with Crippen molar-refractivity contribution in [2.45, 2.75) is 64.5 Å². The second kappa shape index (κ2) is 11.4. The highest BCUT2D eigenvalue weighted by atomic mass is 16.5. The molecule has 4 unspecified atom stereocenters. The molecule has 1 heterocycles. The number of aliphatic hydroxyl groups excluding tert-OH is 1.